The van der Waals surface area contributed by atoms with Crippen LogP contribution < -0.4 is 5.32 Å². The molecule has 0 aliphatic carbocycles. The number of para-hydroxylation sites is 1. The van der Waals surface area contributed by atoms with Crippen molar-refractivity contribution in [2.24, 2.45) is 0 Å². The summed E-state index contributed by atoms with van der Waals surface area (Å²) in [6.45, 7) is 6.05. The number of hydrogen-bond donors (Lipinski definition) is 1. The van der Waals surface area contributed by atoms with Crippen LogP contribution in [0.3, 0.4) is 0 Å². The molecule has 1 amide bonds. The highest BCUT2D eigenvalue weighted by Gasteiger charge is 2.27. The Labute approximate surface area is 140 Å². The first kappa shape index (κ1) is 17.4. The molecule has 1 atom stereocenters. The highest BCUT2D eigenvalue weighted by atomic mass is 35.5. The number of nitrogens with zero attached hydrogens (tertiary/aromatic N) is 3. The van der Waals surface area contributed by atoms with Crippen LogP contribution in [0.1, 0.15) is 23.0 Å². The van der Waals surface area contributed by atoms with E-state index in [2.05, 4.69) is 10.4 Å². The molecule has 23 heavy (non-hydrogen) atoms. The van der Waals surface area contributed by atoms with E-state index in [1.54, 1.807) is 25.1 Å². The Bertz CT molecular complexity index is 703. The fourth-order valence-electron chi connectivity index (χ4n) is 2.78. The normalized spacial score (nSPS) is 17.7. The molecule has 1 fully saturated rings. The average Bonchev–Trinajstić information content (AvgIpc) is 2.89. The van der Waals surface area contributed by atoms with E-state index in [-0.39, 0.29) is 30.2 Å². The lowest BCUT2D eigenvalue weighted by molar-refractivity contribution is 0.0655. The number of aromatic nitrogens is 2. The van der Waals surface area contributed by atoms with Gasteiger partial charge in [-0.1, -0.05) is 12.1 Å². The molecule has 1 saturated heterocycles. The third-order valence-electron chi connectivity index (χ3n) is 4.08. The molecule has 7 heteroatoms. The molecule has 0 radical (unpaired) electrons. The van der Waals surface area contributed by atoms with Crippen molar-refractivity contribution in [3.8, 4) is 5.69 Å². The van der Waals surface area contributed by atoms with E-state index in [0.717, 1.165) is 13.1 Å². The molecule has 3 rings (SSSR count). The van der Waals surface area contributed by atoms with Gasteiger partial charge >= 0.3 is 0 Å². The maximum absolute atomic E-state index is 13.9. The lowest BCUT2D eigenvalue weighted by Gasteiger charge is -2.33. The van der Waals surface area contributed by atoms with Crippen molar-refractivity contribution in [3.05, 3.63) is 47.5 Å². The first-order chi connectivity index (χ1) is 10.6. The van der Waals surface area contributed by atoms with Gasteiger partial charge in [-0.25, -0.2) is 9.07 Å². The molecule has 0 unspecified atom stereocenters. The molecule has 5 nitrogen and oxygen atoms in total. The summed E-state index contributed by atoms with van der Waals surface area (Å²) in [5.74, 6) is -0.405. The molecule has 1 aromatic heterocycles. The molecule has 1 aliphatic rings. The van der Waals surface area contributed by atoms with Crippen LogP contribution in [0.4, 0.5) is 4.39 Å². The highest BCUT2D eigenvalue weighted by Crippen LogP contribution is 2.19. The number of amides is 1. The first-order valence-corrected chi connectivity index (χ1v) is 7.41. The summed E-state index contributed by atoms with van der Waals surface area (Å²) < 4.78 is 15.4. The minimum atomic E-state index is -0.358. The van der Waals surface area contributed by atoms with Crippen LogP contribution in [0, 0.1) is 12.7 Å². The Morgan fingerprint density at radius 3 is 2.83 bits per heavy atom. The Kier molecular flexibility index (Phi) is 5.38. The number of piperazine rings is 1. The zero-order chi connectivity index (χ0) is 15.7. The van der Waals surface area contributed by atoms with Gasteiger partial charge in [0.05, 0.1) is 17.5 Å². The number of benzene rings is 1. The fraction of sp³-hybridized carbons (Fsp3) is 0.375. The van der Waals surface area contributed by atoms with E-state index in [4.69, 9.17) is 0 Å². The molecule has 2 aromatic rings. The van der Waals surface area contributed by atoms with E-state index in [1.807, 2.05) is 11.8 Å². The van der Waals surface area contributed by atoms with Crippen LogP contribution in [-0.2, 0) is 0 Å². The molecule has 0 spiro atoms. The summed E-state index contributed by atoms with van der Waals surface area (Å²) in [7, 11) is 0. The SMILES string of the molecule is Cc1c(C(=O)N2CCNC[C@@H]2C)cnn1-c1ccccc1F.Cl. The highest BCUT2D eigenvalue weighted by molar-refractivity contribution is 5.95. The summed E-state index contributed by atoms with van der Waals surface area (Å²) in [4.78, 5) is 14.6. The Morgan fingerprint density at radius 2 is 2.13 bits per heavy atom. The van der Waals surface area contributed by atoms with Gasteiger partial charge in [0, 0.05) is 25.7 Å². The smallest absolute Gasteiger partial charge is 0.257 e. The zero-order valence-electron chi connectivity index (χ0n) is 13.1. The number of nitrogens with one attached hydrogen (secondary N) is 1. The Morgan fingerprint density at radius 1 is 1.39 bits per heavy atom. The van der Waals surface area contributed by atoms with Gasteiger partial charge in [0.2, 0.25) is 0 Å². The van der Waals surface area contributed by atoms with Crippen molar-refractivity contribution >= 4 is 18.3 Å². The molecule has 124 valence electrons. The van der Waals surface area contributed by atoms with Gasteiger partial charge < -0.3 is 10.2 Å². The van der Waals surface area contributed by atoms with Gasteiger partial charge in [-0.05, 0) is 26.0 Å². The van der Waals surface area contributed by atoms with Crippen molar-refractivity contribution in [3.63, 3.8) is 0 Å². The van der Waals surface area contributed by atoms with Crippen LogP contribution in [0.5, 0.6) is 0 Å². The molecular weight excluding hydrogens is 319 g/mol. The van der Waals surface area contributed by atoms with Crippen LogP contribution in [0.15, 0.2) is 30.5 Å². The van der Waals surface area contributed by atoms with Crippen molar-refractivity contribution in [1.82, 2.24) is 20.0 Å². The molecular formula is C16H20ClFN4O. The van der Waals surface area contributed by atoms with E-state index in [0.29, 0.717) is 23.5 Å². The van der Waals surface area contributed by atoms with E-state index >= 15 is 0 Å². The molecule has 1 aliphatic heterocycles. The number of carbonyl (C=O) groups is 1. The number of rotatable bonds is 2. The van der Waals surface area contributed by atoms with Gasteiger partial charge in [-0.15, -0.1) is 12.4 Å². The van der Waals surface area contributed by atoms with Gasteiger partial charge in [-0.3, -0.25) is 4.79 Å². The summed E-state index contributed by atoms with van der Waals surface area (Å²) in [5.41, 5.74) is 1.53. The van der Waals surface area contributed by atoms with Gasteiger partial charge in [0.25, 0.3) is 5.91 Å². The predicted molar refractivity (Wildman–Crippen MR) is 88.9 cm³/mol. The van der Waals surface area contributed by atoms with Crippen LogP contribution >= 0.6 is 12.4 Å². The number of halogens is 2. The lowest BCUT2D eigenvalue weighted by Crippen LogP contribution is -2.52. The van der Waals surface area contributed by atoms with Crippen molar-refractivity contribution in [1.29, 1.82) is 0 Å². The van der Waals surface area contributed by atoms with Crippen LogP contribution in [-0.4, -0.2) is 46.3 Å². The van der Waals surface area contributed by atoms with Gasteiger partial charge in [0.1, 0.15) is 11.5 Å². The molecule has 0 bridgehead atoms. The maximum Gasteiger partial charge on any atom is 0.257 e. The van der Waals surface area contributed by atoms with Crippen LogP contribution in [0.25, 0.3) is 5.69 Å². The summed E-state index contributed by atoms with van der Waals surface area (Å²) >= 11 is 0. The largest absolute Gasteiger partial charge is 0.333 e. The standard InChI is InChI=1S/C16H19FN4O.ClH/c1-11-9-18-7-8-20(11)16(22)13-10-19-21(12(13)2)15-6-4-3-5-14(15)17;/h3-6,10-11,18H,7-9H2,1-2H3;1H/t11-;/m0./s1. The second kappa shape index (κ2) is 7.10. The minimum Gasteiger partial charge on any atom is -0.333 e. The quantitative estimate of drug-likeness (QED) is 0.913. The first-order valence-electron chi connectivity index (χ1n) is 7.41. The molecule has 1 N–H and O–H groups in total. The van der Waals surface area contributed by atoms with E-state index in [9.17, 15) is 9.18 Å². The third-order valence-corrected chi connectivity index (χ3v) is 4.08. The summed E-state index contributed by atoms with van der Waals surface area (Å²) in [6.07, 6.45) is 1.53. The number of hydrogen-bond acceptors (Lipinski definition) is 3. The Balaban J connectivity index is 0.00000192. The second-order valence-corrected chi connectivity index (χ2v) is 5.56. The predicted octanol–water partition coefficient (Wildman–Crippen LogP) is 2.18. The lowest BCUT2D eigenvalue weighted by atomic mass is 10.1. The van der Waals surface area contributed by atoms with Gasteiger partial charge in [0.15, 0.2) is 0 Å². The van der Waals surface area contributed by atoms with Crippen LogP contribution in [0.2, 0.25) is 0 Å². The van der Waals surface area contributed by atoms with E-state index < -0.39 is 0 Å². The van der Waals surface area contributed by atoms with Crippen molar-refractivity contribution < 1.29 is 9.18 Å². The Hall–Kier alpha value is -1.92. The van der Waals surface area contributed by atoms with Gasteiger partial charge in [-0.2, -0.15) is 5.10 Å². The molecule has 0 saturated carbocycles. The van der Waals surface area contributed by atoms with Crippen molar-refractivity contribution in [2.45, 2.75) is 19.9 Å². The summed E-state index contributed by atoms with van der Waals surface area (Å²) in [5, 5.41) is 7.46. The number of carbonyl (C=O) groups excluding carboxylic acids is 1. The topological polar surface area (TPSA) is 50.2 Å². The average molecular weight is 339 g/mol. The monoisotopic (exact) mass is 338 g/mol. The maximum atomic E-state index is 13.9. The third kappa shape index (κ3) is 3.23. The second-order valence-electron chi connectivity index (χ2n) is 5.56. The van der Waals surface area contributed by atoms with E-state index in [1.165, 1.54) is 16.9 Å². The molecule has 1 aromatic carbocycles. The minimum absolute atomic E-state index is 0. The van der Waals surface area contributed by atoms with Crippen molar-refractivity contribution in [2.75, 3.05) is 19.6 Å². The summed E-state index contributed by atoms with van der Waals surface area (Å²) in [6, 6.07) is 6.55. The fourth-order valence-corrected chi connectivity index (χ4v) is 2.78. The zero-order valence-corrected chi connectivity index (χ0v) is 13.9. The molecule has 2 heterocycles.